The van der Waals surface area contributed by atoms with Gasteiger partial charge in [0.25, 0.3) is 5.91 Å². The number of halogens is 2. The summed E-state index contributed by atoms with van der Waals surface area (Å²) in [6, 6.07) is 7.72. The maximum atomic E-state index is 13.7. The maximum Gasteiger partial charge on any atom is 0.269 e. The Morgan fingerprint density at radius 3 is 2.71 bits per heavy atom. The largest absolute Gasteiger partial charge is 0.383 e. The molecule has 0 aliphatic rings. The minimum atomic E-state index is -1.66. The number of hydrogen-bond acceptors (Lipinski definition) is 3. The van der Waals surface area contributed by atoms with Gasteiger partial charge in [-0.15, -0.1) is 0 Å². The van der Waals surface area contributed by atoms with Crippen LogP contribution in [0.15, 0.2) is 42.6 Å². The summed E-state index contributed by atoms with van der Waals surface area (Å²) in [6.07, 6.45) is 1.46. The lowest BCUT2D eigenvalue weighted by Crippen LogP contribution is -2.39. The van der Waals surface area contributed by atoms with E-state index in [0.29, 0.717) is 6.07 Å². The highest BCUT2D eigenvalue weighted by molar-refractivity contribution is 5.92. The molecule has 21 heavy (non-hydrogen) atoms. The van der Waals surface area contributed by atoms with Gasteiger partial charge in [0.15, 0.2) is 0 Å². The molecule has 2 aromatic rings. The molecular formula is C15H14F2N2O2. The zero-order valence-electron chi connectivity index (χ0n) is 11.3. The first-order valence-electron chi connectivity index (χ1n) is 6.27. The number of amides is 1. The van der Waals surface area contributed by atoms with Crippen molar-refractivity contribution in [2.75, 3.05) is 6.54 Å². The van der Waals surface area contributed by atoms with E-state index in [2.05, 4.69) is 10.3 Å². The molecule has 0 spiro atoms. The van der Waals surface area contributed by atoms with Crippen LogP contribution in [0.5, 0.6) is 0 Å². The van der Waals surface area contributed by atoms with Gasteiger partial charge in [-0.1, -0.05) is 12.1 Å². The van der Waals surface area contributed by atoms with Crippen molar-refractivity contribution in [3.8, 4) is 0 Å². The molecule has 0 bridgehead atoms. The Labute approximate surface area is 120 Å². The van der Waals surface area contributed by atoms with Gasteiger partial charge in [0.05, 0.1) is 6.54 Å². The molecule has 2 rings (SSSR count). The second-order valence-corrected chi connectivity index (χ2v) is 4.80. The lowest BCUT2D eigenvalue weighted by Gasteiger charge is -2.24. The second kappa shape index (κ2) is 5.97. The predicted octanol–water partition coefficient (Wildman–Crippen LogP) is 2.00. The summed E-state index contributed by atoms with van der Waals surface area (Å²) in [5, 5.41) is 12.7. The van der Waals surface area contributed by atoms with Crippen LogP contribution in [0.1, 0.15) is 23.0 Å². The van der Waals surface area contributed by atoms with Crippen LogP contribution < -0.4 is 5.32 Å². The van der Waals surface area contributed by atoms with E-state index < -0.39 is 23.1 Å². The summed E-state index contributed by atoms with van der Waals surface area (Å²) in [5.41, 5.74) is -1.57. The highest BCUT2D eigenvalue weighted by Gasteiger charge is 2.27. The number of pyridine rings is 1. The Morgan fingerprint density at radius 1 is 1.33 bits per heavy atom. The average Bonchev–Trinajstić information content (AvgIpc) is 2.45. The molecule has 110 valence electrons. The van der Waals surface area contributed by atoms with Crippen molar-refractivity contribution < 1.29 is 18.7 Å². The molecule has 6 heteroatoms. The van der Waals surface area contributed by atoms with Crippen LogP contribution in [0.2, 0.25) is 0 Å². The van der Waals surface area contributed by atoms with E-state index in [0.717, 1.165) is 12.1 Å². The van der Waals surface area contributed by atoms with Crippen LogP contribution in [0, 0.1) is 11.6 Å². The third kappa shape index (κ3) is 3.61. The van der Waals surface area contributed by atoms with Crippen LogP contribution >= 0.6 is 0 Å². The Kier molecular flexibility index (Phi) is 4.28. The minimum absolute atomic E-state index is 0.0924. The van der Waals surface area contributed by atoms with E-state index in [4.69, 9.17) is 0 Å². The summed E-state index contributed by atoms with van der Waals surface area (Å²) in [4.78, 5) is 15.7. The van der Waals surface area contributed by atoms with Crippen molar-refractivity contribution in [2.45, 2.75) is 12.5 Å². The predicted molar refractivity (Wildman–Crippen MR) is 72.5 cm³/mol. The second-order valence-electron chi connectivity index (χ2n) is 4.80. The van der Waals surface area contributed by atoms with Gasteiger partial charge in [0.1, 0.15) is 22.9 Å². The van der Waals surface area contributed by atoms with Gasteiger partial charge in [0.2, 0.25) is 0 Å². The van der Waals surface area contributed by atoms with E-state index in [1.807, 2.05) is 0 Å². The van der Waals surface area contributed by atoms with Crippen LogP contribution in [-0.2, 0) is 5.60 Å². The first-order chi connectivity index (χ1) is 9.90. The Hall–Kier alpha value is -2.34. The smallest absolute Gasteiger partial charge is 0.269 e. The van der Waals surface area contributed by atoms with E-state index in [9.17, 15) is 18.7 Å². The quantitative estimate of drug-likeness (QED) is 0.906. The molecule has 0 aliphatic carbocycles. The van der Waals surface area contributed by atoms with E-state index in [1.54, 1.807) is 12.1 Å². The first-order valence-corrected chi connectivity index (χ1v) is 6.27. The number of hydrogen-bond donors (Lipinski definition) is 2. The molecule has 2 N–H and O–H groups in total. The molecule has 4 nitrogen and oxygen atoms in total. The molecule has 1 unspecified atom stereocenters. The van der Waals surface area contributed by atoms with Crippen LogP contribution in [-0.4, -0.2) is 22.5 Å². The van der Waals surface area contributed by atoms with E-state index >= 15 is 0 Å². The highest BCUT2D eigenvalue weighted by atomic mass is 19.1. The SMILES string of the molecule is CC(O)(CNC(=O)c1ccccn1)c1ccc(F)cc1F. The van der Waals surface area contributed by atoms with Gasteiger partial charge in [-0.25, -0.2) is 8.78 Å². The fourth-order valence-corrected chi connectivity index (χ4v) is 1.86. The van der Waals surface area contributed by atoms with Crippen molar-refractivity contribution >= 4 is 5.91 Å². The van der Waals surface area contributed by atoms with Gasteiger partial charge < -0.3 is 10.4 Å². The zero-order valence-corrected chi connectivity index (χ0v) is 11.3. The third-order valence-corrected chi connectivity index (χ3v) is 3.00. The first kappa shape index (κ1) is 15.1. The van der Waals surface area contributed by atoms with Crippen molar-refractivity contribution in [3.63, 3.8) is 0 Å². The average molecular weight is 292 g/mol. The number of nitrogens with zero attached hydrogens (tertiary/aromatic N) is 1. The normalized spacial score (nSPS) is 13.5. The number of aliphatic hydroxyl groups is 1. The van der Waals surface area contributed by atoms with E-state index in [-0.39, 0.29) is 17.8 Å². The molecule has 0 fully saturated rings. The molecular weight excluding hydrogens is 278 g/mol. The molecule has 0 saturated heterocycles. The van der Waals surface area contributed by atoms with Gasteiger partial charge in [-0.2, -0.15) is 0 Å². The molecule has 1 heterocycles. The van der Waals surface area contributed by atoms with Crippen LogP contribution in [0.4, 0.5) is 8.78 Å². The number of aromatic nitrogens is 1. The van der Waals surface area contributed by atoms with Gasteiger partial charge >= 0.3 is 0 Å². The zero-order chi connectivity index (χ0) is 15.5. The Bertz CT molecular complexity index is 645. The standard InChI is InChI=1S/C15H14F2N2O2/c1-15(21,11-6-5-10(16)8-12(11)17)9-19-14(20)13-4-2-3-7-18-13/h2-8,21H,9H2,1H3,(H,19,20). The number of nitrogens with one attached hydrogen (secondary N) is 1. The van der Waals surface area contributed by atoms with Crippen molar-refractivity contribution in [1.82, 2.24) is 10.3 Å². The minimum Gasteiger partial charge on any atom is -0.383 e. The van der Waals surface area contributed by atoms with Crippen molar-refractivity contribution in [3.05, 3.63) is 65.5 Å². The fourth-order valence-electron chi connectivity index (χ4n) is 1.86. The Balaban J connectivity index is 2.09. The maximum absolute atomic E-state index is 13.7. The van der Waals surface area contributed by atoms with Crippen LogP contribution in [0.3, 0.4) is 0 Å². The molecule has 1 atom stereocenters. The Morgan fingerprint density at radius 2 is 2.10 bits per heavy atom. The number of benzene rings is 1. The molecule has 0 saturated carbocycles. The molecule has 1 amide bonds. The molecule has 0 aliphatic heterocycles. The number of carbonyl (C=O) groups excluding carboxylic acids is 1. The monoisotopic (exact) mass is 292 g/mol. The summed E-state index contributed by atoms with van der Waals surface area (Å²) in [7, 11) is 0. The summed E-state index contributed by atoms with van der Waals surface area (Å²) >= 11 is 0. The summed E-state index contributed by atoms with van der Waals surface area (Å²) < 4.78 is 26.5. The van der Waals surface area contributed by atoms with Crippen LogP contribution in [0.25, 0.3) is 0 Å². The number of rotatable bonds is 4. The summed E-state index contributed by atoms with van der Waals surface area (Å²) in [6.45, 7) is 1.10. The van der Waals surface area contributed by atoms with Gasteiger partial charge in [-0.05, 0) is 25.1 Å². The molecule has 1 aromatic carbocycles. The molecule has 1 aromatic heterocycles. The van der Waals surface area contributed by atoms with Gasteiger partial charge in [0, 0.05) is 17.8 Å². The van der Waals surface area contributed by atoms with Crippen molar-refractivity contribution in [1.29, 1.82) is 0 Å². The lowest BCUT2D eigenvalue weighted by molar-refractivity contribution is 0.0493. The highest BCUT2D eigenvalue weighted by Crippen LogP contribution is 2.23. The third-order valence-electron chi connectivity index (χ3n) is 3.00. The van der Waals surface area contributed by atoms with E-state index in [1.165, 1.54) is 19.2 Å². The van der Waals surface area contributed by atoms with Crippen molar-refractivity contribution in [2.24, 2.45) is 0 Å². The number of carbonyl (C=O) groups is 1. The lowest BCUT2D eigenvalue weighted by atomic mass is 9.95. The molecule has 0 radical (unpaired) electrons. The van der Waals surface area contributed by atoms with Gasteiger partial charge in [-0.3, -0.25) is 9.78 Å². The fraction of sp³-hybridized carbons (Fsp3) is 0.200. The summed E-state index contributed by atoms with van der Waals surface area (Å²) in [5.74, 6) is -2.09. The topological polar surface area (TPSA) is 62.2 Å².